The van der Waals surface area contributed by atoms with Crippen molar-refractivity contribution in [2.45, 2.75) is 31.7 Å². The summed E-state index contributed by atoms with van der Waals surface area (Å²) in [6.45, 7) is 3.68. The largest absolute Gasteiger partial charge is 0.309 e. The van der Waals surface area contributed by atoms with E-state index in [2.05, 4.69) is 41.0 Å². The Hall–Kier alpha value is -0.930. The molecule has 0 radical (unpaired) electrons. The van der Waals surface area contributed by atoms with Crippen LogP contribution in [0.3, 0.4) is 0 Å². The SMILES string of the molecule is CN(C)CCCCN1CCC[C@@H]1c1cccnc1. The maximum atomic E-state index is 4.25. The summed E-state index contributed by atoms with van der Waals surface area (Å²) in [4.78, 5) is 9.15. The van der Waals surface area contributed by atoms with E-state index in [9.17, 15) is 0 Å². The van der Waals surface area contributed by atoms with Gasteiger partial charge < -0.3 is 4.90 Å². The highest BCUT2D eigenvalue weighted by Crippen LogP contribution is 2.31. The summed E-state index contributed by atoms with van der Waals surface area (Å²) in [5, 5.41) is 0. The number of aromatic nitrogens is 1. The van der Waals surface area contributed by atoms with Crippen LogP contribution >= 0.6 is 0 Å². The average molecular weight is 247 g/mol. The van der Waals surface area contributed by atoms with E-state index >= 15 is 0 Å². The summed E-state index contributed by atoms with van der Waals surface area (Å²) >= 11 is 0. The molecule has 1 aromatic rings. The molecule has 18 heavy (non-hydrogen) atoms. The monoisotopic (exact) mass is 247 g/mol. The summed E-state index contributed by atoms with van der Waals surface area (Å²) in [6.07, 6.45) is 9.10. The number of pyridine rings is 1. The van der Waals surface area contributed by atoms with Gasteiger partial charge in [0.05, 0.1) is 0 Å². The number of nitrogens with zero attached hydrogens (tertiary/aromatic N) is 3. The molecule has 1 aromatic heterocycles. The Kier molecular flexibility index (Phi) is 5.14. The second-order valence-electron chi connectivity index (χ2n) is 5.49. The maximum absolute atomic E-state index is 4.25. The highest BCUT2D eigenvalue weighted by Gasteiger charge is 2.25. The van der Waals surface area contributed by atoms with Crippen LogP contribution in [0.15, 0.2) is 24.5 Å². The summed E-state index contributed by atoms with van der Waals surface area (Å²) in [5.41, 5.74) is 1.39. The van der Waals surface area contributed by atoms with Crippen molar-refractivity contribution < 1.29 is 0 Å². The molecular formula is C15H25N3. The Morgan fingerprint density at radius 1 is 1.39 bits per heavy atom. The van der Waals surface area contributed by atoms with Gasteiger partial charge in [0.1, 0.15) is 0 Å². The second-order valence-corrected chi connectivity index (χ2v) is 5.49. The van der Waals surface area contributed by atoms with E-state index in [1.807, 2.05) is 12.4 Å². The van der Waals surface area contributed by atoms with E-state index in [0.717, 1.165) is 0 Å². The van der Waals surface area contributed by atoms with Gasteiger partial charge in [0.15, 0.2) is 0 Å². The van der Waals surface area contributed by atoms with Crippen molar-refractivity contribution in [2.24, 2.45) is 0 Å². The van der Waals surface area contributed by atoms with Gasteiger partial charge in [-0.1, -0.05) is 6.07 Å². The summed E-state index contributed by atoms with van der Waals surface area (Å²) < 4.78 is 0. The zero-order valence-electron chi connectivity index (χ0n) is 11.7. The third-order valence-electron chi connectivity index (χ3n) is 3.73. The van der Waals surface area contributed by atoms with Gasteiger partial charge in [-0.15, -0.1) is 0 Å². The summed E-state index contributed by atoms with van der Waals surface area (Å²) in [5.74, 6) is 0. The lowest BCUT2D eigenvalue weighted by atomic mass is 10.1. The Morgan fingerprint density at radius 3 is 3.00 bits per heavy atom. The zero-order valence-corrected chi connectivity index (χ0v) is 11.7. The maximum Gasteiger partial charge on any atom is 0.0363 e. The molecule has 100 valence electrons. The van der Waals surface area contributed by atoms with Gasteiger partial charge in [-0.25, -0.2) is 0 Å². The molecule has 3 nitrogen and oxygen atoms in total. The van der Waals surface area contributed by atoms with Crippen LogP contribution in [-0.2, 0) is 0 Å². The Balaban J connectivity index is 1.81. The van der Waals surface area contributed by atoms with Gasteiger partial charge in [-0.2, -0.15) is 0 Å². The van der Waals surface area contributed by atoms with Gasteiger partial charge in [-0.3, -0.25) is 9.88 Å². The molecule has 1 aliphatic heterocycles. The smallest absolute Gasteiger partial charge is 0.0363 e. The standard InChI is InChI=1S/C15H25N3/c1-17(2)10-3-4-11-18-12-6-8-15(18)14-7-5-9-16-13-14/h5,7,9,13,15H,3-4,6,8,10-12H2,1-2H3/t15-/m1/s1. The van der Waals surface area contributed by atoms with Crippen LogP contribution in [0.25, 0.3) is 0 Å². The predicted octanol–water partition coefficient (Wildman–Crippen LogP) is 2.56. The number of unbranched alkanes of at least 4 members (excludes halogenated alkanes) is 1. The predicted molar refractivity (Wildman–Crippen MR) is 75.6 cm³/mol. The molecule has 2 heterocycles. The molecule has 0 aliphatic carbocycles. The lowest BCUT2D eigenvalue weighted by Gasteiger charge is -2.24. The summed E-state index contributed by atoms with van der Waals surface area (Å²) in [6, 6.07) is 4.88. The minimum Gasteiger partial charge on any atom is -0.309 e. The molecule has 1 atom stereocenters. The lowest BCUT2D eigenvalue weighted by molar-refractivity contribution is 0.246. The van der Waals surface area contributed by atoms with Crippen LogP contribution in [0.4, 0.5) is 0 Å². The van der Waals surface area contributed by atoms with E-state index in [1.165, 1.54) is 50.9 Å². The Bertz CT molecular complexity index is 337. The van der Waals surface area contributed by atoms with Crippen LogP contribution in [0.5, 0.6) is 0 Å². The van der Waals surface area contributed by atoms with Gasteiger partial charge >= 0.3 is 0 Å². The van der Waals surface area contributed by atoms with Crippen molar-refractivity contribution in [1.29, 1.82) is 0 Å². The van der Waals surface area contributed by atoms with E-state index < -0.39 is 0 Å². The lowest BCUT2D eigenvalue weighted by Crippen LogP contribution is -2.25. The second kappa shape index (κ2) is 6.86. The number of hydrogen-bond donors (Lipinski definition) is 0. The van der Waals surface area contributed by atoms with Crippen LogP contribution in [-0.4, -0.2) is 48.5 Å². The highest BCUT2D eigenvalue weighted by molar-refractivity contribution is 5.15. The molecule has 0 N–H and O–H groups in total. The fraction of sp³-hybridized carbons (Fsp3) is 0.667. The van der Waals surface area contributed by atoms with E-state index in [-0.39, 0.29) is 0 Å². The normalized spacial score (nSPS) is 20.7. The minimum atomic E-state index is 0.609. The molecule has 1 fully saturated rings. The van der Waals surface area contributed by atoms with Crippen LogP contribution in [0.1, 0.15) is 37.3 Å². The average Bonchev–Trinajstić information content (AvgIpc) is 2.84. The number of rotatable bonds is 6. The molecular weight excluding hydrogens is 222 g/mol. The molecule has 0 unspecified atom stereocenters. The van der Waals surface area contributed by atoms with Gasteiger partial charge in [0.25, 0.3) is 0 Å². The zero-order chi connectivity index (χ0) is 12.8. The molecule has 1 aliphatic rings. The van der Waals surface area contributed by atoms with Crippen LogP contribution in [0, 0.1) is 0 Å². The van der Waals surface area contributed by atoms with Gasteiger partial charge in [0, 0.05) is 18.4 Å². The van der Waals surface area contributed by atoms with Crippen LogP contribution in [0.2, 0.25) is 0 Å². The molecule has 3 heteroatoms. The Labute approximate surface area is 111 Å². The first-order chi connectivity index (χ1) is 8.77. The fourth-order valence-corrected chi connectivity index (χ4v) is 2.79. The molecule has 0 bridgehead atoms. The molecule has 0 saturated carbocycles. The third-order valence-corrected chi connectivity index (χ3v) is 3.73. The summed E-state index contributed by atoms with van der Waals surface area (Å²) in [7, 11) is 4.29. The quantitative estimate of drug-likeness (QED) is 0.720. The first-order valence-electron chi connectivity index (χ1n) is 7.06. The van der Waals surface area contributed by atoms with Crippen molar-refractivity contribution in [3.05, 3.63) is 30.1 Å². The minimum absolute atomic E-state index is 0.609. The first-order valence-corrected chi connectivity index (χ1v) is 7.06. The first kappa shape index (κ1) is 13.5. The van der Waals surface area contributed by atoms with E-state index in [0.29, 0.717) is 6.04 Å². The molecule has 0 aromatic carbocycles. The van der Waals surface area contributed by atoms with Gasteiger partial charge in [0.2, 0.25) is 0 Å². The molecule has 0 amide bonds. The van der Waals surface area contributed by atoms with Crippen molar-refractivity contribution in [1.82, 2.24) is 14.8 Å². The Morgan fingerprint density at radius 2 is 2.28 bits per heavy atom. The molecule has 2 rings (SSSR count). The fourth-order valence-electron chi connectivity index (χ4n) is 2.79. The third kappa shape index (κ3) is 3.79. The molecule has 0 spiro atoms. The number of hydrogen-bond acceptors (Lipinski definition) is 3. The number of likely N-dealkylation sites (tertiary alicyclic amines) is 1. The van der Waals surface area contributed by atoms with Crippen molar-refractivity contribution in [2.75, 3.05) is 33.7 Å². The van der Waals surface area contributed by atoms with Crippen LogP contribution < -0.4 is 0 Å². The highest BCUT2D eigenvalue weighted by atomic mass is 15.2. The van der Waals surface area contributed by atoms with E-state index in [1.54, 1.807) is 0 Å². The van der Waals surface area contributed by atoms with Crippen molar-refractivity contribution in [3.63, 3.8) is 0 Å². The van der Waals surface area contributed by atoms with Gasteiger partial charge in [-0.05, 0) is 71.0 Å². The van der Waals surface area contributed by atoms with Crippen molar-refractivity contribution in [3.8, 4) is 0 Å². The van der Waals surface area contributed by atoms with Crippen molar-refractivity contribution >= 4 is 0 Å². The topological polar surface area (TPSA) is 19.4 Å². The van der Waals surface area contributed by atoms with E-state index in [4.69, 9.17) is 0 Å². The molecule has 1 saturated heterocycles.